The fourth-order valence-corrected chi connectivity index (χ4v) is 9.75. The van der Waals surface area contributed by atoms with Crippen LogP contribution in [0.15, 0.2) is 0 Å². The molecule has 3 N–H and O–H groups in total. The molecule has 11 heteroatoms. The van der Waals surface area contributed by atoms with Gasteiger partial charge in [0.2, 0.25) is 12.3 Å². The molecule has 0 aromatic carbocycles. The number of nitrogens with one attached hydrogen (secondary N) is 2. The molecule has 0 aliphatic carbocycles. The highest BCUT2D eigenvalue weighted by molar-refractivity contribution is 5.86. The zero-order valence-electron chi connectivity index (χ0n) is 45.1. The van der Waals surface area contributed by atoms with Crippen molar-refractivity contribution in [2.75, 3.05) is 0 Å². The first-order chi connectivity index (χ1) is 32.8. The molecular formula is C57H106N2O9. The molecule has 2 amide bonds. The smallest absolute Gasteiger partial charge is 0.328 e. The molecular weight excluding hydrogens is 857 g/mol. The average molecular weight is 963 g/mol. The summed E-state index contributed by atoms with van der Waals surface area (Å²) >= 11 is 0. The molecule has 398 valence electrons. The Morgan fingerprint density at radius 3 is 1.47 bits per heavy atom. The predicted molar refractivity (Wildman–Crippen MR) is 277 cm³/mol. The maximum absolute atomic E-state index is 14.5. The van der Waals surface area contributed by atoms with Crippen LogP contribution in [0.5, 0.6) is 0 Å². The number of hydrogen-bond acceptors (Lipinski definition) is 9. The summed E-state index contributed by atoms with van der Waals surface area (Å²) in [5.74, 6) is -2.39. The largest absolute Gasteiger partial charge is 0.461 e. The van der Waals surface area contributed by atoms with E-state index >= 15 is 0 Å². The van der Waals surface area contributed by atoms with E-state index in [4.69, 9.17) is 14.2 Å². The van der Waals surface area contributed by atoms with Gasteiger partial charge in [-0.2, -0.15) is 0 Å². The molecule has 0 aromatic rings. The van der Waals surface area contributed by atoms with Crippen molar-refractivity contribution in [3.05, 3.63) is 0 Å². The Kier molecular flexibility index (Phi) is 38.2. The Morgan fingerprint density at radius 1 is 0.574 bits per heavy atom. The molecule has 1 fully saturated rings. The standard InChI is InChI=1S/C57H106N2O9/c1-9-13-17-21-23-25-27-29-31-35-46(66-56(64)50(58-43-60)39-44(5)6)41-52(61)48(37-33-19-15-11-3)54(62)59-51(40-45(7)8)57(65)67-47(36-32-30-28-26-24-22-18-14-10-2)42-53-49(55(63)68-53)38-34-20-16-12-4/h43-53,61H,9-42H2,1-8H3,(H,58,60)(H,59,62)/t46?,47-,48-,49?,50+,51?,52+,53-/m0/s1. The van der Waals surface area contributed by atoms with Gasteiger partial charge in [-0.25, -0.2) is 9.59 Å². The fraction of sp³-hybridized carbons (Fsp3) is 0.912. The number of carbonyl (C=O) groups excluding carboxylic acids is 5. The second kappa shape index (κ2) is 41.0. The summed E-state index contributed by atoms with van der Waals surface area (Å²) in [6.45, 7) is 16.7. The topological polar surface area (TPSA) is 157 Å². The number of aliphatic hydroxyl groups is 1. The third-order valence-corrected chi connectivity index (χ3v) is 14.0. The fourth-order valence-electron chi connectivity index (χ4n) is 9.75. The number of ether oxygens (including phenoxy) is 3. The van der Waals surface area contributed by atoms with E-state index in [1.54, 1.807) is 0 Å². The van der Waals surface area contributed by atoms with Gasteiger partial charge < -0.3 is 30.0 Å². The second-order valence-electron chi connectivity index (χ2n) is 21.4. The second-order valence-corrected chi connectivity index (χ2v) is 21.4. The summed E-state index contributed by atoms with van der Waals surface area (Å²) in [4.78, 5) is 66.5. The maximum atomic E-state index is 14.5. The molecule has 0 bridgehead atoms. The molecule has 3 unspecified atom stereocenters. The van der Waals surface area contributed by atoms with Gasteiger partial charge in [-0.1, -0.05) is 209 Å². The van der Waals surface area contributed by atoms with E-state index in [2.05, 4.69) is 38.3 Å². The van der Waals surface area contributed by atoms with Crippen LogP contribution in [0.1, 0.15) is 274 Å². The van der Waals surface area contributed by atoms with Gasteiger partial charge in [0.05, 0.1) is 17.9 Å². The number of amides is 2. The van der Waals surface area contributed by atoms with Crippen molar-refractivity contribution < 1.29 is 43.3 Å². The number of cyclic esters (lactones) is 1. The third-order valence-electron chi connectivity index (χ3n) is 14.0. The zero-order chi connectivity index (χ0) is 50.4. The third kappa shape index (κ3) is 30.1. The number of hydrogen-bond donors (Lipinski definition) is 3. The number of carbonyl (C=O) groups is 5. The summed E-state index contributed by atoms with van der Waals surface area (Å²) in [6, 6.07) is -1.72. The average Bonchev–Trinajstić information content (AvgIpc) is 3.29. The Morgan fingerprint density at radius 2 is 0.985 bits per heavy atom. The molecule has 0 aromatic heterocycles. The van der Waals surface area contributed by atoms with E-state index in [1.807, 2.05) is 27.7 Å². The summed E-state index contributed by atoms with van der Waals surface area (Å²) in [7, 11) is 0. The number of esters is 3. The lowest BCUT2D eigenvalue weighted by atomic mass is 9.86. The van der Waals surface area contributed by atoms with Crippen molar-refractivity contribution in [2.24, 2.45) is 23.7 Å². The normalized spacial score (nSPS) is 17.4. The van der Waals surface area contributed by atoms with Crippen LogP contribution in [0.25, 0.3) is 0 Å². The van der Waals surface area contributed by atoms with Crippen molar-refractivity contribution in [3.63, 3.8) is 0 Å². The highest BCUT2D eigenvalue weighted by Gasteiger charge is 2.44. The SMILES string of the molecule is CCCCCCCCCCCC(C[C@@H](O)[C@H](CCCCCC)C(=O)NC(CC(C)C)C(=O)O[C@@H](CCCCCCCCCCC)C[C@@H]1OC(=O)C1CCCCCC)OC(=O)[C@@H](CC(C)C)NC=O. The van der Waals surface area contributed by atoms with Crippen LogP contribution in [0.2, 0.25) is 0 Å². The van der Waals surface area contributed by atoms with Crippen LogP contribution in [-0.4, -0.2) is 71.8 Å². The summed E-state index contributed by atoms with van der Waals surface area (Å²) in [6.07, 6.45) is 30.5. The van der Waals surface area contributed by atoms with Gasteiger partial charge in [-0.3, -0.25) is 14.4 Å². The highest BCUT2D eigenvalue weighted by atomic mass is 16.6. The van der Waals surface area contributed by atoms with Crippen LogP contribution < -0.4 is 10.6 Å². The van der Waals surface area contributed by atoms with Crippen molar-refractivity contribution in [3.8, 4) is 0 Å². The lowest BCUT2D eigenvalue weighted by Crippen LogP contribution is -2.50. The first-order valence-corrected chi connectivity index (χ1v) is 28.6. The maximum Gasteiger partial charge on any atom is 0.328 e. The van der Waals surface area contributed by atoms with Crippen LogP contribution in [-0.2, 0) is 38.2 Å². The first kappa shape index (κ1) is 63.3. The van der Waals surface area contributed by atoms with Crippen molar-refractivity contribution >= 4 is 30.2 Å². The number of aliphatic hydroxyl groups excluding tert-OH is 1. The molecule has 0 spiro atoms. The van der Waals surface area contributed by atoms with Crippen LogP contribution in [0, 0.1) is 23.7 Å². The minimum Gasteiger partial charge on any atom is -0.461 e. The van der Waals surface area contributed by atoms with Gasteiger partial charge in [0, 0.05) is 12.8 Å². The monoisotopic (exact) mass is 963 g/mol. The van der Waals surface area contributed by atoms with Gasteiger partial charge in [0.25, 0.3) is 0 Å². The van der Waals surface area contributed by atoms with Crippen molar-refractivity contribution in [1.82, 2.24) is 10.6 Å². The number of unbranched alkanes of at least 4 members (excludes halogenated alkanes) is 22. The Hall–Kier alpha value is -2.69. The summed E-state index contributed by atoms with van der Waals surface area (Å²) in [5, 5.41) is 17.7. The molecule has 0 radical (unpaired) electrons. The van der Waals surface area contributed by atoms with Gasteiger partial charge >= 0.3 is 17.9 Å². The predicted octanol–water partition coefficient (Wildman–Crippen LogP) is 13.6. The van der Waals surface area contributed by atoms with E-state index in [1.165, 1.54) is 70.6 Å². The Bertz CT molecular complexity index is 1290. The molecule has 1 aliphatic rings. The van der Waals surface area contributed by atoms with Crippen LogP contribution in [0.4, 0.5) is 0 Å². The summed E-state index contributed by atoms with van der Waals surface area (Å²) < 4.78 is 18.1. The lowest BCUT2D eigenvalue weighted by molar-refractivity contribution is -0.190. The highest BCUT2D eigenvalue weighted by Crippen LogP contribution is 2.33. The van der Waals surface area contributed by atoms with E-state index in [0.717, 1.165) is 103 Å². The molecule has 0 saturated carbocycles. The minimum atomic E-state index is -1.13. The van der Waals surface area contributed by atoms with Crippen molar-refractivity contribution in [2.45, 2.75) is 310 Å². The molecule has 1 rings (SSSR count). The molecule has 1 saturated heterocycles. The Labute approximate surface area is 416 Å². The van der Waals surface area contributed by atoms with Gasteiger partial charge in [-0.05, 0) is 63.2 Å². The molecule has 8 atom stereocenters. The first-order valence-electron chi connectivity index (χ1n) is 28.6. The molecule has 1 heterocycles. The quantitative estimate of drug-likeness (QED) is 0.0234. The molecule has 11 nitrogen and oxygen atoms in total. The van der Waals surface area contributed by atoms with Crippen LogP contribution in [0.3, 0.4) is 0 Å². The van der Waals surface area contributed by atoms with E-state index in [-0.39, 0.29) is 36.2 Å². The molecule has 1 aliphatic heterocycles. The Balaban J connectivity index is 3.28. The van der Waals surface area contributed by atoms with Crippen LogP contribution >= 0.6 is 0 Å². The van der Waals surface area contributed by atoms with E-state index < -0.39 is 54.2 Å². The van der Waals surface area contributed by atoms with Gasteiger partial charge in [-0.15, -0.1) is 0 Å². The van der Waals surface area contributed by atoms with Crippen molar-refractivity contribution in [1.29, 1.82) is 0 Å². The lowest BCUT2D eigenvalue weighted by Gasteiger charge is -2.37. The zero-order valence-corrected chi connectivity index (χ0v) is 45.1. The van der Waals surface area contributed by atoms with E-state index in [0.29, 0.717) is 44.9 Å². The molecule has 68 heavy (non-hydrogen) atoms. The van der Waals surface area contributed by atoms with Gasteiger partial charge in [0.1, 0.15) is 30.4 Å². The van der Waals surface area contributed by atoms with Gasteiger partial charge in [0.15, 0.2) is 0 Å². The van der Waals surface area contributed by atoms with E-state index in [9.17, 15) is 29.1 Å². The number of rotatable bonds is 47. The minimum absolute atomic E-state index is 0.0653. The summed E-state index contributed by atoms with van der Waals surface area (Å²) in [5.41, 5.74) is 0.